The van der Waals surface area contributed by atoms with Crippen LogP contribution in [0.4, 0.5) is 5.69 Å². The van der Waals surface area contributed by atoms with Crippen LogP contribution in [0.3, 0.4) is 0 Å². The first-order valence-corrected chi connectivity index (χ1v) is 10.8. The van der Waals surface area contributed by atoms with E-state index in [-0.39, 0.29) is 0 Å². The number of hydrogen-bond acceptors (Lipinski definition) is 5. The molecular weight excluding hydrogens is 374 g/mol. The van der Waals surface area contributed by atoms with Crippen molar-refractivity contribution in [2.24, 2.45) is 5.73 Å². The summed E-state index contributed by atoms with van der Waals surface area (Å²) in [6.45, 7) is 3.45. The molecule has 5 rings (SSSR count). The summed E-state index contributed by atoms with van der Waals surface area (Å²) in [5.74, 6) is 1.70. The number of anilines is 1. The third-order valence-electron chi connectivity index (χ3n) is 5.76. The molecule has 0 radical (unpaired) electrons. The lowest BCUT2D eigenvalue weighted by Crippen LogP contribution is -2.29. The van der Waals surface area contributed by atoms with E-state index in [0.29, 0.717) is 13.2 Å². The van der Waals surface area contributed by atoms with Gasteiger partial charge in [-0.2, -0.15) is 0 Å². The molecule has 1 saturated heterocycles. The average Bonchev–Trinajstić information content (AvgIpc) is 3.22. The van der Waals surface area contributed by atoms with Crippen molar-refractivity contribution >= 4 is 27.6 Å². The van der Waals surface area contributed by atoms with E-state index in [0.717, 1.165) is 47.6 Å². The van der Waals surface area contributed by atoms with Gasteiger partial charge in [0.2, 0.25) is 0 Å². The van der Waals surface area contributed by atoms with Gasteiger partial charge in [0.05, 0.1) is 28.8 Å². The smallest absolute Gasteiger partial charge is 0.139 e. The molecule has 1 aliphatic rings. The highest BCUT2D eigenvalue weighted by Gasteiger charge is 2.15. The SMILES string of the molecule is NCCCOc1ccc2c(c1)ncn2-c1ccc2cccc(N3CCCCC3)c2n1. The summed E-state index contributed by atoms with van der Waals surface area (Å²) >= 11 is 0. The van der Waals surface area contributed by atoms with Crippen LogP contribution in [0.15, 0.2) is 54.9 Å². The second kappa shape index (κ2) is 8.32. The zero-order valence-corrected chi connectivity index (χ0v) is 17.1. The van der Waals surface area contributed by atoms with E-state index >= 15 is 0 Å². The molecule has 6 heteroatoms. The quantitative estimate of drug-likeness (QED) is 0.488. The Hall–Kier alpha value is -3.12. The second-order valence-corrected chi connectivity index (χ2v) is 7.82. The molecule has 0 unspecified atom stereocenters. The number of para-hydroxylation sites is 1. The maximum absolute atomic E-state index is 5.76. The van der Waals surface area contributed by atoms with E-state index in [4.69, 9.17) is 15.5 Å². The van der Waals surface area contributed by atoms with Gasteiger partial charge in [-0.3, -0.25) is 4.57 Å². The molecule has 2 aromatic carbocycles. The molecule has 0 saturated carbocycles. The summed E-state index contributed by atoms with van der Waals surface area (Å²) in [6.07, 6.45) is 6.49. The number of ether oxygens (including phenoxy) is 1. The standard InChI is InChI=1S/C24H27N5O/c25-12-5-15-30-19-9-10-21-20(16-19)26-17-29(21)23-11-8-18-6-4-7-22(24(18)27-23)28-13-2-1-3-14-28/h4,6-11,16-17H,1-3,5,12-15,25H2. The Labute approximate surface area is 176 Å². The maximum Gasteiger partial charge on any atom is 0.139 e. The van der Waals surface area contributed by atoms with E-state index in [1.807, 2.05) is 29.1 Å². The first-order chi connectivity index (χ1) is 14.8. The molecule has 2 N–H and O–H groups in total. The minimum absolute atomic E-state index is 0.619. The van der Waals surface area contributed by atoms with Gasteiger partial charge < -0.3 is 15.4 Å². The molecule has 0 amide bonds. The second-order valence-electron chi connectivity index (χ2n) is 7.82. The fourth-order valence-corrected chi connectivity index (χ4v) is 4.18. The molecule has 30 heavy (non-hydrogen) atoms. The Morgan fingerprint density at radius 2 is 1.90 bits per heavy atom. The van der Waals surface area contributed by atoms with Crippen LogP contribution >= 0.6 is 0 Å². The lowest BCUT2D eigenvalue weighted by molar-refractivity contribution is 0.314. The van der Waals surface area contributed by atoms with Gasteiger partial charge in [-0.05, 0) is 62.6 Å². The van der Waals surface area contributed by atoms with Crippen LogP contribution in [0.2, 0.25) is 0 Å². The highest BCUT2D eigenvalue weighted by molar-refractivity contribution is 5.92. The molecule has 3 heterocycles. The number of nitrogens with two attached hydrogens (primary N) is 1. The Morgan fingerprint density at radius 3 is 2.77 bits per heavy atom. The minimum Gasteiger partial charge on any atom is -0.493 e. The Kier molecular flexibility index (Phi) is 5.24. The first-order valence-electron chi connectivity index (χ1n) is 10.8. The van der Waals surface area contributed by atoms with Gasteiger partial charge in [0, 0.05) is 24.5 Å². The Bertz CT molecular complexity index is 1160. The number of benzene rings is 2. The van der Waals surface area contributed by atoms with Crippen LogP contribution in [-0.2, 0) is 0 Å². The van der Waals surface area contributed by atoms with Crippen molar-refractivity contribution in [3.63, 3.8) is 0 Å². The number of hydrogen-bond donors (Lipinski definition) is 1. The summed E-state index contributed by atoms with van der Waals surface area (Å²) in [6, 6.07) is 16.7. The zero-order chi connectivity index (χ0) is 20.3. The van der Waals surface area contributed by atoms with Crippen molar-refractivity contribution in [2.45, 2.75) is 25.7 Å². The van der Waals surface area contributed by atoms with Gasteiger partial charge in [0.15, 0.2) is 0 Å². The summed E-state index contributed by atoms with van der Waals surface area (Å²) < 4.78 is 7.81. The molecule has 0 aliphatic carbocycles. The highest BCUT2D eigenvalue weighted by Crippen LogP contribution is 2.29. The van der Waals surface area contributed by atoms with Crippen LogP contribution in [0.5, 0.6) is 5.75 Å². The van der Waals surface area contributed by atoms with E-state index in [2.05, 4.69) is 40.2 Å². The molecule has 4 aromatic rings. The molecule has 2 aromatic heterocycles. The zero-order valence-electron chi connectivity index (χ0n) is 17.1. The van der Waals surface area contributed by atoms with Crippen LogP contribution in [-0.4, -0.2) is 40.8 Å². The van der Waals surface area contributed by atoms with Crippen molar-refractivity contribution in [3.8, 4) is 11.6 Å². The van der Waals surface area contributed by atoms with Crippen LogP contribution in [0.25, 0.3) is 27.8 Å². The largest absolute Gasteiger partial charge is 0.493 e. The summed E-state index contributed by atoms with van der Waals surface area (Å²) in [5.41, 5.74) is 9.74. The van der Waals surface area contributed by atoms with Gasteiger partial charge in [-0.15, -0.1) is 0 Å². The number of pyridine rings is 1. The third-order valence-corrected chi connectivity index (χ3v) is 5.76. The molecule has 0 spiro atoms. The average molecular weight is 402 g/mol. The molecular formula is C24H27N5O. The fourth-order valence-electron chi connectivity index (χ4n) is 4.18. The van der Waals surface area contributed by atoms with Crippen molar-refractivity contribution < 1.29 is 4.74 Å². The van der Waals surface area contributed by atoms with Gasteiger partial charge in [0.1, 0.15) is 17.9 Å². The third kappa shape index (κ3) is 3.59. The fraction of sp³-hybridized carbons (Fsp3) is 0.333. The number of imidazole rings is 1. The van der Waals surface area contributed by atoms with Crippen molar-refractivity contribution in [3.05, 3.63) is 54.9 Å². The number of nitrogens with zero attached hydrogens (tertiary/aromatic N) is 4. The molecule has 1 aliphatic heterocycles. The van der Waals surface area contributed by atoms with Gasteiger partial charge in [-0.1, -0.05) is 12.1 Å². The number of rotatable bonds is 6. The van der Waals surface area contributed by atoms with Crippen LogP contribution in [0.1, 0.15) is 25.7 Å². The molecule has 154 valence electrons. The monoisotopic (exact) mass is 401 g/mol. The van der Waals surface area contributed by atoms with E-state index in [1.54, 1.807) is 0 Å². The van der Waals surface area contributed by atoms with Crippen LogP contribution in [0, 0.1) is 0 Å². The summed E-state index contributed by atoms with van der Waals surface area (Å²) in [5, 5.41) is 1.17. The predicted molar refractivity (Wildman–Crippen MR) is 122 cm³/mol. The normalized spacial score (nSPS) is 14.5. The number of aromatic nitrogens is 3. The number of piperidine rings is 1. The Morgan fingerprint density at radius 1 is 1.00 bits per heavy atom. The molecule has 0 atom stereocenters. The summed E-state index contributed by atoms with van der Waals surface area (Å²) in [4.78, 5) is 12.1. The molecule has 6 nitrogen and oxygen atoms in total. The van der Waals surface area contributed by atoms with Gasteiger partial charge >= 0.3 is 0 Å². The van der Waals surface area contributed by atoms with Crippen molar-refractivity contribution in [1.82, 2.24) is 14.5 Å². The highest BCUT2D eigenvalue weighted by atomic mass is 16.5. The van der Waals surface area contributed by atoms with Crippen LogP contribution < -0.4 is 15.4 Å². The maximum atomic E-state index is 5.76. The van der Waals surface area contributed by atoms with Crippen molar-refractivity contribution in [2.75, 3.05) is 31.1 Å². The predicted octanol–water partition coefficient (Wildman–Crippen LogP) is 4.29. The van der Waals surface area contributed by atoms with Crippen molar-refractivity contribution in [1.29, 1.82) is 0 Å². The van der Waals surface area contributed by atoms with Gasteiger partial charge in [0.25, 0.3) is 0 Å². The topological polar surface area (TPSA) is 69.2 Å². The molecule has 1 fully saturated rings. The van der Waals surface area contributed by atoms with E-state index < -0.39 is 0 Å². The Balaban J connectivity index is 1.52. The lowest BCUT2D eigenvalue weighted by Gasteiger charge is -2.29. The lowest BCUT2D eigenvalue weighted by atomic mass is 10.1. The molecule has 0 bridgehead atoms. The summed E-state index contributed by atoms with van der Waals surface area (Å²) in [7, 11) is 0. The van der Waals surface area contributed by atoms with Gasteiger partial charge in [-0.25, -0.2) is 9.97 Å². The number of fused-ring (bicyclic) bond motifs is 2. The van der Waals surface area contributed by atoms with E-state index in [1.165, 1.54) is 30.3 Å². The minimum atomic E-state index is 0.619. The van der Waals surface area contributed by atoms with E-state index in [9.17, 15) is 0 Å². The first kappa shape index (κ1) is 18.9.